The Balaban J connectivity index is 1.14. The van der Waals surface area contributed by atoms with Gasteiger partial charge in [0, 0.05) is 48.2 Å². The summed E-state index contributed by atoms with van der Waals surface area (Å²) in [6.07, 6.45) is 10.5. The monoisotopic (exact) mass is 726 g/mol. The topological polar surface area (TPSA) is 70.8 Å². The molecule has 4 aromatic rings. The van der Waals surface area contributed by atoms with E-state index in [4.69, 9.17) is 37.4 Å². The Kier molecular flexibility index (Phi) is 13.1. The number of ether oxygens (including phenoxy) is 3. The van der Waals surface area contributed by atoms with E-state index in [2.05, 4.69) is 46.8 Å². The summed E-state index contributed by atoms with van der Waals surface area (Å²) in [5.74, 6) is 2.81. The van der Waals surface area contributed by atoms with Gasteiger partial charge in [0.1, 0.15) is 36.5 Å². The van der Waals surface area contributed by atoms with Gasteiger partial charge in [-0.15, -0.1) is 0 Å². The van der Waals surface area contributed by atoms with Gasteiger partial charge in [-0.1, -0.05) is 66.9 Å². The van der Waals surface area contributed by atoms with Crippen LogP contribution in [0.15, 0.2) is 67.0 Å². The van der Waals surface area contributed by atoms with Crippen LogP contribution in [0.5, 0.6) is 17.2 Å². The van der Waals surface area contributed by atoms with Gasteiger partial charge >= 0.3 is 0 Å². The number of nitriles is 1. The Labute approximate surface area is 313 Å². The van der Waals surface area contributed by atoms with E-state index >= 15 is 0 Å². The molecule has 6 rings (SSSR count). The van der Waals surface area contributed by atoms with Crippen LogP contribution in [0.4, 0.5) is 0 Å². The summed E-state index contributed by atoms with van der Waals surface area (Å²) in [6.45, 7) is 11.9. The van der Waals surface area contributed by atoms with Crippen LogP contribution in [0.2, 0.25) is 10.0 Å². The number of halogens is 2. The molecule has 2 aliphatic heterocycles. The highest BCUT2D eigenvalue weighted by molar-refractivity contribution is 6.35. The average Bonchev–Trinajstić information content (AvgIpc) is 3.15. The molecule has 0 N–H and O–H groups in total. The third kappa shape index (κ3) is 9.96. The molecule has 3 aromatic carbocycles. The number of pyridine rings is 1. The average molecular weight is 728 g/mol. The smallest absolute Gasteiger partial charge is 0.142 e. The molecule has 0 amide bonds. The second kappa shape index (κ2) is 18.1. The van der Waals surface area contributed by atoms with Crippen LogP contribution < -0.4 is 14.2 Å². The minimum atomic E-state index is 0.277. The van der Waals surface area contributed by atoms with Crippen LogP contribution in [0.1, 0.15) is 73.3 Å². The molecule has 7 nitrogen and oxygen atoms in total. The number of likely N-dealkylation sites (tertiary alicyclic amines) is 2. The lowest BCUT2D eigenvalue weighted by molar-refractivity contribution is 0.177. The van der Waals surface area contributed by atoms with E-state index < -0.39 is 0 Å². The van der Waals surface area contributed by atoms with Crippen molar-refractivity contribution in [1.82, 2.24) is 14.8 Å². The van der Waals surface area contributed by atoms with E-state index in [1.807, 2.05) is 36.4 Å². The maximum absolute atomic E-state index is 9.32. The Morgan fingerprint density at radius 1 is 0.804 bits per heavy atom. The van der Waals surface area contributed by atoms with Crippen LogP contribution in [-0.4, -0.2) is 54.1 Å². The summed E-state index contributed by atoms with van der Waals surface area (Å²) < 4.78 is 19.0. The largest absolute Gasteiger partial charge is 0.492 e. The normalized spacial score (nSPS) is 15.7. The Bertz CT molecular complexity index is 1810. The van der Waals surface area contributed by atoms with E-state index in [0.717, 1.165) is 71.9 Å². The van der Waals surface area contributed by atoms with Crippen LogP contribution in [0.25, 0.3) is 11.1 Å². The lowest BCUT2D eigenvalue weighted by Crippen LogP contribution is -2.34. The first kappa shape index (κ1) is 37.0. The number of aromatic nitrogens is 1. The first-order valence-electron chi connectivity index (χ1n) is 18.2. The van der Waals surface area contributed by atoms with E-state index in [1.54, 1.807) is 18.5 Å². The van der Waals surface area contributed by atoms with Gasteiger partial charge in [0.2, 0.25) is 0 Å². The van der Waals surface area contributed by atoms with Gasteiger partial charge in [0.05, 0.1) is 22.2 Å². The minimum Gasteiger partial charge on any atom is -0.492 e. The van der Waals surface area contributed by atoms with Crippen LogP contribution in [0.3, 0.4) is 0 Å². The quantitative estimate of drug-likeness (QED) is 0.120. The van der Waals surface area contributed by atoms with Gasteiger partial charge < -0.3 is 19.1 Å². The lowest BCUT2D eigenvalue weighted by Gasteiger charge is -2.30. The SMILES string of the molecule is Cc1c(COc2cc(OCc3cncc(C#N)c3)c(CN3CCCCC3)cc2Cl)cccc1-c1cccc(OCCCN2CCC(C)CC2)c1Cl. The van der Waals surface area contributed by atoms with Crippen molar-refractivity contribution in [3.8, 4) is 34.4 Å². The van der Waals surface area contributed by atoms with Crippen molar-refractivity contribution >= 4 is 23.2 Å². The first-order chi connectivity index (χ1) is 24.9. The Morgan fingerprint density at radius 3 is 2.37 bits per heavy atom. The molecular formula is C42H48Cl2N4O3. The van der Waals surface area contributed by atoms with E-state index in [1.165, 1.54) is 45.2 Å². The second-order valence-electron chi connectivity index (χ2n) is 13.9. The zero-order chi connectivity index (χ0) is 35.6. The molecular weight excluding hydrogens is 679 g/mol. The van der Waals surface area contributed by atoms with E-state index in [-0.39, 0.29) is 6.61 Å². The standard InChI is InChI=1S/C42H48Cl2N4O3/c1-30-13-18-47(19-14-30)17-8-20-49-39-12-7-11-37(42(39)44)36-10-6-9-34(31(36)2)29-51-41-23-40(50-28-33-21-32(24-45)25-46-26-33)35(22-38(41)43)27-48-15-4-3-5-16-48/h6-7,9-12,21-23,25-26,30H,3-5,8,13-20,27-29H2,1-2H3. The zero-order valence-electron chi connectivity index (χ0n) is 29.8. The second-order valence-corrected chi connectivity index (χ2v) is 14.7. The predicted molar refractivity (Wildman–Crippen MR) is 205 cm³/mol. The van der Waals surface area contributed by atoms with Gasteiger partial charge in [-0.2, -0.15) is 5.26 Å². The molecule has 0 unspecified atom stereocenters. The number of piperidine rings is 2. The highest BCUT2D eigenvalue weighted by atomic mass is 35.5. The molecule has 0 atom stereocenters. The van der Waals surface area contributed by atoms with Crippen molar-refractivity contribution < 1.29 is 14.2 Å². The van der Waals surface area contributed by atoms with Crippen molar-refractivity contribution in [1.29, 1.82) is 5.26 Å². The molecule has 9 heteroatoms. The summed E-state index contributed by atoms with van der Waals surface area (Å²) >= 11 is 13.8. The molecule has 0 aliphatic carbocycles. The molecule has 3 heterocycles. The van der Waals surface area contributed by atoms with Gasteiger partial charge in [-0.3, -0.25) is 9.88 Å². The van der Waals surface area contributed by atoms with Gasteiger partial charge in [-0.05, 0) is 106 Å². The predicted octanol–water partition coefficient (Wildman–Crippen LogP) is 9.88. The van der Waals surface area contributed by atoms with Crippen LogP contribution >= 0.6 is 23.2 Å². The molecule has 0 radical (unpaired) electrons. The molecule has 2 fully saturated rings. The van der Waals surface area contributed by atoms with Crippen molar-refractivity contribution in [2.45, 2.75) is 72.1 Å². The first-order valence-corrected chi connectivity index (χ1v) is 19.0. The molecule has 1 aromatic heterocycles. The number of rotatable bonds is 14. The fraction of sp³-hybridized carbons (Fsp3) is 0.429. The fourth-order valence-electron chi connectivity index (χ4n) is 6.96. The van der Waals surface area contributed by atoms with E-state index in [9.17, 15) is 5.26 Å². The molecule has 0 saturated carbocycles. The maximum atomic E-state index is 9.32. The molecule has 0 bridgehead atoms. The number of benzene rings is 3. The molecule has 2 saturated heterocycles. The van der Waals surface area contributed by atoms with Crippen molar-refractivity contribution in [3.63, 3.8) is 0 Å². The molecule has 0 spiro atoms. The maximum Gasteiger partial charge on any atom is 0.142 e. The summed E-state index contributed by atoms with van der Waals surface area (Å²) in [5.41, 5.74) is 6.41. The number of hydrogen-bond acceptors (Lipinski definition) is 7. The molecule has 2 aliphatic rings. The zero-order valence-corrected chi connectivity index (χ0v) is 31.3. The van der Waals surface area contributed by atoms with Gasteiger partial charge in [0.15, 0.2) is 0 Å². The summed E-state index contributed by atoms with van der Waals surface area (Å²) in [4.78, 5) is 9.17. The minimum absolute atomic E-state index is 0.277. The van der Waals surface area contributed by atoms with Crippen molar-refractivity contribution in [2.24, 2.45) is 5.92 Å². The third-order valence-corrected chi connectivity index (χ3v) is 10.8. The fourth-order valence-corrected chi connectivity index (χ4v) is 7.49. The highest BCUT2D eigenvalue weighted by Crippen LogP contribution is 2.39. The summed E-state index contributed by atoms with van der Waals surface area (Å²) in [5, 5.41) is 10.5. The summed E-state index contributed by atoms with van der Waals surface area (Å²) in [7, 11) is 0. The van der Waals surface area contributed by atoms with Crippen molar-refractivity contribution in [2.75, 3.05) is 39.3 Å². The van der Waals surface area contributed by atoms with Crippen LogP contribution in [-0.2, 0) is 19.8 Å². The Morgan fingerprint density at radius 2 is 1.57 bits per heavy atom. The Hall–Kier alpha value is -3.80. The third-order valence-electron chi connectivity index (χ3n) is 10.1. The van der Waals surface area contributed by atoms with Crippen molar-refractivity contribution in [3.05, 3.63) is 105 Å². The van der Waals surface area contributed by atoms with Crippen LogP contribution in [0, 0.1) is 24.2 Å². The summed E-state index contributed by atoms with van der Waals surface area (Å²) in [6, 6.07) is 20.0. The number of hydrogen-bond donors (Lipinski definition) is 0. The highest BCUT2D eigenvalue weighted by Gasteiger charge is 2.19. The number of nitrogens with zero attached hydrogens (tertiary/aromatic N) is 4. The lowest BCUT2D eigenvalue weighted by atomic mass is 9.96. The van der Waals surface area contributed by atoms with Gasteiger partial charge in [-0.25, -0.2) is 0 Å². The molecule has 268 valence electrons. The van der Waals surface area contributed by atoms with E-state index in [0.29, 0.717) is 46.1 Å². The van der Waals surface area contributed by atoms with Gasteiger partial charge in [0.25, 0.3) is 0 Å². The molecule has 51 heavy (non-hydrogen) atoms.